The van der Waals surface area contributed by atoms with E-state index in [0.29, 0.717) is 17.7 Å². The number of amides is 2. The molecule has 0 radical (unpaired) electrons. The second kappa shape index (κ2) is 7.72. The molecular formula is C19H16BrNO4. The van der Waals surface area contributed by atoms with Gasteiger partial charge in [-0.2, -0.15) is 0 Å². The summed E-state index contributed by atoms with van der Waals surface area (Å²) in [5, 5.41) is 0.0414. The van der Waals surface area contributed by atoms with E-state index in [0.717, 1.165) is 10.5 Å². The number of carbonyl (C=O) groups is 3. The lowest BCUT2D eigenvalue weighted by molar-refractivity contribution is -0.122. The number of imide groups is 1. The molecule has 0 spiro atoms. The van der Waals surface area contributed by atoms with Crippen LogP contribution < -0.4 is 0 Å². The Morgan fingerprint density at radius 1 is 0.960 bits per heavy atom. The molecule has 0 aliphatic carbocycles. The quantitative estimate of drug-likeness (QED) is 0.528. The zero-order chi connectivity index (χ0) is 17.8. The lowest BCUT2D eigenvalue weighted by atomic mass is 10.1. The fraction of sp³-hybridized carbons (Fsp3) is 0.211. The number of Topliss-reactive ketones (excluding diaryl/α,β-unsaturated/α-hetero) is 1. The van der Waals surface area contributed by atoms with Crippen LogP contribution in [0.15, 0.2) is 54.6 Å². The number of alkyl halides is 1. The lowest BCUT2D eigenvalue weighted by Gasteiger charge is -2.24. The molecule has 2 aromatic carbocycles. The van der Waals surface area contributed by atoms with Crippen molar-refractivity contribution in [2.24, 2.45) is 0 Å². The van der Waals surface area contributed by atoms with Crippen LogP contribution in [-0.4, -0.2) is 40.5 Å². The minimum Gasteiger partial charge on any atom is -0.374 e. The fourth-order valence-electron chi connectivity index (χ4n) is 2.75. The first kappa shape index (κ1) is 17.5. The van der Waals surface area contributed by atoms with E-state index in [4.69, 9.17) is 4.74 Å². The molecule has 25 heavy (non-hydrogen) atoms. The van der Waals surface area contributed by atoms with Crippen molar-refractivity contribution >= 4 is 33.5 Å². The second-order valence-electron chi connectivity index (χ2n) is 5.64. The van der Waals surface area contributed by atoms with Crippen LogP contribution in [0.4, 0.5) is 0 Å². The normalized spacial score (nSPS) is 14.5. The maximum atomic E-state index is 12.6. The Kier molecular flexibility index (Phi) is 5.40. The molecule has 5 nitrogen and oxygen atoms in total. The van der Waals surface area contributed by atoms with E-state index in [1.54, 1.807) is 24.3 Å². The summed E-state index contributed by atoms with van der Waals surface area (Å²) in [7, 11) is 0. The maximum Gasteiger partial charge on any atom is 0.262 e. The molecule has 6 heteroatoms. The van der Waals surface area contributed by atoms with Crippen LogP contribution in [0.5, 0.6) is 0 Å². The van der Waals surface area contributed by atoms with Gasteiger partial charge in [0, 0.05) is 0 Å². The Morgan fingerprint density at radius 2 is 1.52 bits per heavy atom. The van der Waals surface area contributed by atoms with Crippen molar-refractivity contribution in [1.29, 1.82) is 0 Å². The summed E-state index contributed by atoms with van der Waals surface area (Å²) in [4.78, 5) is 38.5. The summed E-state index contributed by atoms with van der Waals surface area (Å²) < 4.78 is 5.62. The van der Waals surface area contributed by atoms with E-state index < -0.39 is 17.9 Å². The summed E-state index contributed by atoms with van der Waals surface area (Å²) in [6, 6.07) is 15.1. The number of hydrogen-bond acceptors (Lipinski definition) is 4. The van der Waals surface area contributed by atoms with Crippen LogP contribution in [-0.2, 0) is 16.1 Å². The lowest BCUT2D eigenvalue weighted by Crippen LogP contribution is -2.48. The predicted molar refractivity (Wildman–Crippen MR) is 95.6 cm³/mol. The summed E-state index contributed by atoms with van der Waals surface area (Å²) in [6.45, 7) is 0.265. The van der Waals surface area contributed by atoms with Gasteiger partial charge in [-0.1, -0.05) is 58.4 Å². The molecule has 1 heterocycles. The molecule has 1 aliphatic heterocycles. The third-order valence-corrected chi connectivity index (χ3v) is 4.58. The van der Waals surface area contributed by atoms with Crippen LogP contribution in [0.3, 0.4) is 0 Å². The van der Waals surface area contributed by atoms with Gasteiger partial charge in [-0.3, -0.25) is 19.3 Å². The highest BCUT2D eigenvalue weighted by molar-refractivity contribution is 9.09. The Morgan fingerprint density at radius 3 is 2.08 bits per heavy atom. The number of ketones is 1. The highest BCUT2D eigenvalue weighted by Gasteiger charge is 2.42. The van der Waals surface area contributed by atoms with Crippen molar-refractivity contribution in [3.8, 4) is 0 Å². The monoisotopic (exact) mass is 401 g/mol. The van der Waals surface area contributed by atoms with E-state index in [1.807, 2.05) is 30.3 Å². The summed E-state index contributed by atoms with van der Waals surface area (Å²) >= 11 is 3.12. The van der Waals surface area contributed by atoms with Gasteiger partial charge in [0.05, 0.1) is 29.7 Å². The van der Waals surface area contributed by atoms with Crippen LogP contribution in [0.25, 0.3) is 0 Å². The third-order valence-electron chi connectivity index (χ3n) is 4.03. The summed E-state index contributed by atoms with van der Waals surface area (Å²) in [5.74, 6) is -1.19. The van der Waals surface area contributed by atoms with Crippen molar-refractivity contribution in [3.05, 3.63) is 71.3 Å². The van der Waals surface area contributed by atoms with E-state index >= 15 is 0 Å². The first-order chi connectivity index (χ1) is 12.1. The molecule has 0 unspecified atom stereocenters. The molecule has 0 bridgehead atoms. The minimum absolute atomic E-state index is 0.0369. The van der Waals surface area contributed by atoms with Crippen molar-refractivity contribution in [2.45, 2.75) is 12.6 Å². The molecule has 0 saturated carbocycles. The van der Waals surface area contributed by atoms with E-state index in [-0.39, 0.29) is 17.7 Å². The molecule has 0 saturated heterocycles. The molecule has 2 amide bonds. The van der Waals surface area contributed by atoms with Gasteiger partial charge < -0.3 is 4.74 Å². The molecule has 1 aliphatic rings. The first-order valence-electron chi connectivity index (χ1n) is 7.80. The van der Waals surface area contributed by atoms with Gasteiger partial charge in [0.2, 0.25) is 0 Å². The van der Waals surface area contributed by atoms with E-state index in [2.05, 4.69) is 15.9 Å². The predicted octanol–water partition coefficient (Wildman–Crippen LogP) is 2.83. The zero-order valence-electron chi connectivity index (χ0n) is 13.4. The number of benzene rings is 2. The molecule has 1 atom stereocenters. The number of rotatable bonds is 7. The molecule has 0 aromatic heterocycles. The summed E-state index contributed by atoms with van der Waals surface area (Å²) in [5.41, 5.74) is 1.60. The Balaban J connectivity index is 1.76. The van der Waals surface area contributed by atoms with Crippen molar-refractivity contribution in [1.82, 2.24) is 4.90 Å². The fourth-order valence-corrected chi connectivity index (χ4v) is 3.13. The van der Waals surface area contributed by atoms with E-state index in [1.165, 1.54) is 0 Å². The highest BCUT2D eigenvalue weighted by Crippen LogP contribution is 2.25. The minimum atomic E-state index is -0.949. The average Bonchev–Trinajstić information content (AvgIpc) is 2.90. The third kappa shape index (κ3) is 3.55. The number of hydrogen-bond donors (Lipinski definition) is 0. The van der Waals surface area contributed by atoms with Crippen molar-refractivity contribution in [2.75, 3.05) is 11.9 Å². The average molecular weight is 402 g/mol. The molecule has 3 rings (SSSR count). The highest BCUT2D eigenvalue weighted by atomic mass is 79.9. The summed E-state index contributed by atoms with van der Waals surface area (Å²) in [6.07, 6.45) is 0. The molecule has 128 valence electrons. The molecule has 2 aromatic rings. The van der Waals surface area contributed by atoms with E-state index in [9.17, 15) is 14.4 Å². The smallest absolute Gasteiger partial charge is 0.262 e. The van der Waals surface area contributed by atoms with Gasteiger partial charge in [0.1, 0.15) is 6.04 Å². The van der Waals surface area contributed by atoms with Gasteiger partial charge in [-0.15, -0.1) is 0 Å². The van der Waals surface area contributed by atoms with Crippen LogP contribution in [0, 0.1) is 0 Å². The topological polar surface area (TPSA) is 63.7 Å². The molecule has 0 N–H and O–H groups in total. The Labute approximate surface area is 153 Å². The first-order valence-corrected chi connectivity index (χ1v) is 8.93. The number of halogens is 1. The number of carbonyl (C=O) groups excluding carboxylic acids is 3. The Hall–Kier alpha value is -2.31. The van der Waals surface area contributed by atoms with Crippen LogP contribution in [0.1, 0.15) is 26.3 Å². The van der Waals surface area contributed by atoms with Gasteiger partial charge in [0.15, 0.2) is 5.78 Å². The SMILES string of the molecule is O=C(CBr)[C@H](COCc1ccccc1)N1C(=O)c2ccccc2C1=O. The maximum absolute atomic E-state index is 12.6. The standard InChI is InChI=1S/C19H16BrNO4/c20-10-17(22)16(12-25-11-13-6-2-1-3-7-13)21-18(23)14-8-4-5-9-15(14)19(21)24/h1-9,16H,10-12H2/t16-/m0/s1. The molecule has 0 fully saturated rings. The molecular weight excluding hydrogens is 386 g/mol. The van der Waals surface area contributed by atoms with Crippen molar-refractivity contribution in [3.63, 3.8) is 0 Å². The number of nitrogens with zero attached hydrogens (tertiary/aromatic N) is 1. The largest absolute Gasteiger partial charge is 0.374 e. The second-order valence-corrected chi connectivity index (χ2v) is 6.20. The van der Waals surface area contributed by atoms with Gasteiger partial charge >= 0.3 is 0 Å². The van der Waals surface area contributed by atoms with Crippen LogP contribution in [0.2, 0.25) is 0 Å². The number of fused-ring (bicyclic) bond motifs is 1. The zero-order valence-corrected chi connectivity index (χ0v) is 14.9. The van der Waals surface area contributed by atoms with Crippen molar-refractivity contribution < 1.29 is 19.1 Å². The van der Waals surface area contributed by atoms with Gasteiger partial charge in [-0.25, -0.2) is 0 Å². The Bertz CT molecular complexity index is 771. The van der Waals surface area contributed by atoms with Gasteiger partial charge in [-0.05, 0) is 17.7 Å². The van der Waals surface area contributed by atoms with Gasteiger partial charge in [0.25, 0.3) is 11.8 Å². The van der Waals surface area contributed by atoms with Crippen LogP contribution >= 0.6 is 15.9 Å². The number of ether oxygens (including phenoxy) is 1.